The van der Waals surface area contributed by atoms with E-state index in [9.17, 15) is 14.4 Å². The van der Waals surface area contributed by atoms with Crippen molar-refractivity contribution in [3.05, 3.63) is 114 Å². The first kappa shape index (κ1) is 23.4. The van der Waals surface area contributed by atoms with Gasteiger partial charge in [-0.25, -0.2) is 9.78 Å². The molecule has 3 aromatic carbocycles. The summed E-state index contributed by atoms with van der Waals surface area (Å²) in [5.41, 5.74) is 3.87. The Morgan fingerprint density at radius 3 is 2.29 bits per heavy atom. The molecule has 174 valence electrons. The van der Waals surface area contributed by atoms with E-state index >= 15 is 0 Å². The Morgan fingerprint density at radius 1 is 0.829 bits per heavy atom. The highest BCUT2D eigenvalue weighted by atomic mass is 16.5. The van der Waals surface area contributed by atoms with E-state index in [-0.39, 0.29) is 5.97 Å². The minimum Gasteiger partial charge on any atom is -0.465 e. The van der Waals surface area contributed by atoms with E-state index in [2.05, 4.69) is 15.6 Å². The first-order valence-electron chi connectivity index (χ1n) is 10.9. The zero-order valence-corrected chi connectivity index (χ0v) is 19.0. The Bertz CT molecular complexity index is 1350. The van der Waals surface area contributed by atoms with E-state index in [4.69, 9.17) is 4.74 Å². The Morgan fingerprint density at radius 2 is 1.54 bits per heavy atom. The molecule has 0 atom stereocenters. The number of ether oxygens (including phenoxy) is 1. The molecule has 0 saturated heterocycles. The SMILES string of the molecule is COC(=O)c1ccccc1-c1ccc(CNc2ncccc2NC(=O)C(=O)c2ccccc2)cc1. The van der Waals surface area contributed by atoms with E-state index in [0.717, 1.165) is 16.7 Å². The summed E-state index contributed by atoms with van der Waals surface area (Å²) in [5, 5.41) is 5.84. The fourth-order valence-electron chi connectivity index (χ4n) is 3.56. The molecule has 0 aliphatic heterocycles. The molecule has 35 heavy (non-hydrogen) atoms. The van der Waals surface area contributed by atoms with E-state index in [1.165, 1.54) is 7.11 Å². The fraction of sp³-hybridized carbons (Fsp3) is 0.0714. The smallest absolute Gasteiger partial charge is 0.338 e. The van der Waals surface area contributed by atoms with Gasteiger partial charge in [-0.05, 0) is 34.9 Å². The molecular weight excluding hydrogens is 442 g/mol. The van der Waals surface area contributed by atoms with Crippen molar-refractivity contribution in [2.45, 2.75) is 6.54 Å². The summed E-state index contributed by atoms with van der Waals surface area (Å²) in [7, 11) is 1.36. The van der Waals surface area contributed by atoms with Gasteiger partial charge in [0.15, 0.2) is 0 Å². The number of rotatable bonds is 8. The second-order valence-electron chi connectivity index (χ2n) is 7.64. The van der Waals surface area contributed by atoms with Gasteiger partial charge >= 0.3 is 5.97 Å². The number of pyridine rings is 1. The molecule has 7 heteroatoms. The van der Waals surface area contributed by atoms with Gasteiger partial charge < -0.3 is 15.4 Å². The maximum Gasteiger partial charge on any atom is 0.338 e. The summed E-state index contributed by atoms with van der Waals surface area (Å²) in [6, 6.07) is 26.8. The van der Waals surface area contributed by atoms with Crippen LogP contribution in [0, 0.1) is 0 Å². The molecule has 7 nitrogen and oxygen atoms in total. The van der Waals surface area contributed by atoms with Crippen LogP contribution in [0.5, 0.6) is 0 Å². The molecular formula is C28H23N3O4. The number of carbonyl (C=O) groups is 3. The van der Waals surface area contributed by atoms with Gasteiger partial charge in [-0.1, -0.05) is 72.8 Å². The molecule has 0 aliphatic rings. The Kier molecular flexibility index (Phi) is 7.28. The van der Waals surface area contributed by atoms with Gasteiger partial charge in [0.1, 0.15) is 5.82 Å². The third kappa shape index (κ3) is 5.59. The van der Waals surface area contributed by atoms with Gasteiger partial charge in [0, 0.05) is 18.3 Å². The molecule has 1 aromatic heterocycles. The van der Waals surface area contributed by atoms with Crippen LogP contribution in [0.25, 0.3) is 11.1 Å². The van der Waals surface area contributed by atoms with Crippen molar-refractivity contribution in [3.63, 3.8) is 0 Å². The number of esters is 1. The van der Waals surface area contributed by atoms with Crippen LogP contribution in [0.4, 0.5) is 11.5 Å². The normalized spacial score (nSPS) is 10.3. The molecule has 0 radical (unpaired) electrons. The predicted molar refractivity (Wildman–Crippen MR) is 134 cm³/mol. The van der Waals surface area contributed by atoms with Crippen molar-refractivity contribution >= 4 is 29.2 Å². The number of nitrogens with zero attached hydrogens (tertiary/aromatic N) is 1. The van der Waals surface area contributed by atoms with Crippen LogP contribution >= 0.6 is 0 Å². The summed E-state index contributed by atoms with van der Waals surface area (Å²) in [6.45, 7) is 0.436. The minimum absolute atomic E-state index is 0.317. The monoisotopic (exact) mass is 465 g/mol. The Hall–Kier alpha value is -4.78. The van der Waals surface area contributed by atoms with Crippen LogP contribution in [0.3, 0.4) is 0 Å². The first-order valence-corrected chi connectivity index (χ1v) is 10.9. The van der Waals surface area contributed by atoms with Crippen LogP contribution < -0.4 is 10.6 Å². The van der Waals surface area contributed by atoms with Crippen LogP contribution in [0.15, 0.2) is 97.2 Å². The van der Waals surface area contributed by atoms with Crippen LogP contribution in [0.1, 0.15) is 26.3 Å². The molecule has 1 amide bonds. The zero-order chi connectivity index (χ0) is 24.6. The molecule has 4 rings (SSSR count). The first-order chi connectivity index (χ1) is 17.1. The molecule has 0 saturated carbocycles. The number of ketones is 1. The molecule has 0 fully saturated rings. The maximum atomic E-state index is 12.5. The minimum atomic E-state index is -0.735. The number of hydrogen-bond acceptors (Lipinski definition) is 6. The van der Waals surface area contributed by atoms with Gasteiger partial charge in [-0.2, -0.15) is 0 Å². The molecule has 0 bridgehead atoms. The highest BCUT2D eigenvalue weighted by Crippen LogP contribution is 2.25. The molecule has 0 spiro atoms. The van der Waals surface area contributed by atoms with E-state index in [1.54, 1.807) is 60.8 Å². The third-order valence-corrected chi connectivity index (χ3v) is 5.36. The lowest BCUT2D eigenvalue weighted by atomic mass is 9.98. The average Bonchev–Trinajstić information content (AvgIpc) is 2.92. The summed E-state index contributed by atoms with van der Waals surface area (Å²) < 4.78 is 4.88. The zero-order valence-electron chi connectivity index (χ0n) is 19.0. The van der Waals surface area contributed by atoms with E-state index in [1.807, 2.05) is 36.4 Å². The van der Waals surface area contributed by atoms with Gasteiger partial charge in [0.2, 0.25) is 0 Å². The van der Waals surface area contributed by atoms with Gasteiger partial charge in [-0.15, -0.1) is 0 Å². The average molecular weight is 466 g/mol. The van der Waals surface area contributed by atoms with Crippen LogP contribution in [0.2, 0.25) is 0 Å². The van der Waals surface area contributed by atoms with Gasteiger partial charge in [0.05, 0.1) is 18.4 Å². The second-order valence-corrected chi connectivity index (χ2v) is 7.64. The summed E-state index contributed by atoms with van der Waals surface area (Å²) >= 11 is 0. The number of methoxy groups -OCH3 is 1. The van der Waals surface area contributed by atoms with Crippen molar-refractivity contribution in [1.82, 2.24) is 4.98 Å². The molecule has 2 N–H and O–H groups in total. The lowest BCUT2D eigenvalue weighted by molar-refractivity contribution is -0.112. The number of anilines is 2. The van der Waals surface area contributed by atoms with Crippen molar-refractivity contribution < 1.29 is 19.1 Å². The largest absolute Gasteiger partial charge is 0.465 e. The van der Waals surface area contributed by atoms with Gasteiger partial charge in [-0.3, -0.25) is 9.59 Å². The highest BCUT2D eigenvalue weighted by molar-refractivity contribution is 6.46. The lowest BCUT2D eigenvalue weighted by Crippen LogP contribution is -2.23. The van der Waals surface area contributed by atoms with E-state index in [0.29, 0.717) is 29.2 Å². The standard InChI is InChI=1S/C28H23N3O4/c1-35-28(34)23-11-6-5-10-22(23)20-15-13-19(14-16-20)18-30-26-24(12-7-17-29-26)31-27(33)25(32)21-8-3-2-4-9-21/h2-17H,18H2,1H3,(H,29,30)(H,31,33). The third-order valence-electron chi connectivity index (χ3n) is 5.36. The Balaban J connectivity index is 1.44. The summed E-state index contributed by atoms with van der Waals surface area (Å²) in [4.78, 5) is 41.2. The van der Waals surface area contributed by atoms with Crippen LogP contribution in [-0.2, 0) is 16.1 Å². The summed E-state index contributed by atoms with van der Waals surface area (Å²) in [5.74, 6) is -1.30. The number of benzene rings is 3. The molecule has 4 aromatic rings. The summed E-state index contributed by atoms with van der Waals surface area (Å²) in [6.07, 6.45) is 1.60. The number of Topliss-reactive ketones (excluding diaryl/α,β-unsaturated/α-hetero) is 1. The lowest BCUT2D eigenvalue weighted by Gasteiger charge is -2.12. The Labute approximate surface area is 202 Å². The number of nitrogens with one attached hydrogen (secondary N) is 2. The second kappa shape index (κ2) is 10.9. The molecule has 1 heterocycles. The highest BCUT2D eigenvalue weighted by Gasteiger charge is 2.18. The van der Waals surface area contributed by atoms with Crippen molar-refractivity contribution in [1.29, 1.82) is 0 Å². The fourth-order valence-corrected chi connectivity index (χ4v) is 3.56. The number of aromatic nitrogens is 1. The van der Waals surface area contributed by atoms with Crippen molar-refractivity contribution in [3.8, 4) is 11.1 Å². The molecule has 0 unspecified atom stereocenters. The molecule has 0 aliphatic carbocycles. The van der Waals surface area contributed by atoms with E-state index < -0.39 is 11.7 Å². The van der Waals surface area contributed by atoms with Gasteiger partial charge in [0.25, 0.3) is 11.7 Å². The number of carbonyl (C=O) groups excluding carboxylic acids is 3. The quantitative estimate of drug-likeness (QED) is 0.217. The number of hydrogen-bond donors (Lipinski definition) is 2. The van der Waals surface area contributed by atoms with Crippen molar-refractivity contribution in [2.75, 3.05) is 17.7 Å². The van der Waals surface area contributed by atoms with Crippen molar-refractivity contribution in [2.24, 2.45) is 0 Å². The predicted octanol–water partition coefficient (Wildman–Crippen LogP) is 4.97. The maximum absolute atomic E-state index is 12.5. The van der Waals surface area contributed by atoms with Crippen LogP contribution in [-0.4, -0.2) is 29.8 Å². The number of amides is 1. The topological polar surface area (TPSA) is 97.4 Å².